The molecule has 86 valence electrons. The van der Waals surface area contributed by atoms with Crippen LogP contribution in [0.25, 0.3) is 0 Å². The Hall–Kier alpha value is -0.530. The average molecular weight is 210 g/mol. The predicted octanol–water partition coefficient (Wildman–Crippen LogP) is 3.30. The summed E-state index contributed by atoms with van der Waals surface area (Å²) in [6.07, 6.45) is 11.0. The summed E-state index contributed by atoms with van der Waals surface area (Å²) in [4.78, 5) is 11.4. The van der Waals surface area contributed by atoms with E-state index in [4.69, 9.17) is 4.74 Å². The summed E-state index contributed by atoms with van der Waals surface area (Å²) in [5.74, 6) is 1.53. The number of carbonyl (C=O) groups is 1. The lowest BCUT2D eigenvalue weighted by Crippen LogP contribution is -2.11. The van der Waals surface area contributed by atoms with Crippen LogP contribution in [-0.4, -0.2) is 12.6 Å². The fourth-order valence-corrected chi connectivity index (χ4v) is 2.37. The van der Waals surface area contributed by atoms with Crippen molar-refractivity contribution in [2.24, 2.45) is 11.8 Å². The lowest BCUT2D eigenvalue weighted by Gasteiger charge is -2.20. The van der Waals surface area contributed by atoms with Crippen molar-refractivity contribution in [3.8, 4) is 0 Å². The van der Waals surface area contributed by atoms with E-state index in [1.165, 1.54) is 44.9 Å². The standard InChI is InChI=1S/C13H22O2/c14-13(15-10-12-6-7-12)9-8-11-4-2-1-3-5-11/h11-12H,1-10H2. The van der Waals surface area contributed by atoms with Crippen LogP contribution in [0.4, 0.5) is 0 Å². The Morgan fingerprint density at radius 1 is 1.00 bits per heavy atom. The highest BCUT2D eigenvalue weighted by molar-refractivity contribution is 5.69. The van der Waals surface area contributed by atoms with Crippen molar-refractivity contribution in [3.63, 3.8) is 0 Å². The van der Waals surface area contributed by atoms with Crippen LogP contribution in [0.2, 0.25) is 0 Å². The topological polar surface area (TPSA) is 26.3 Å². The average Bonchev–Trinajstić information content (AvgIpc) is 3.09. The van der Waals surface area contributed by atoms with Crippen molar-refractivity contribution in [2.45, 2.75) is 57.8 Å². The van der Waals surface area contributed by atoms with Gasteiger partial charge < -0.3 is 4.74 Å². The van der Waals surface area contributed by atoms with E-state index in [9.17, 15) is 4.79 Å². The second kappa shape index (κ2) is 5.53. The molecule has 15 heavy (non-hydrogen) atoms. The van der Waals surface area contributed by atoms with Crippen molar-refractivity contribution in [2.75, 3.05) is 6.61 Å². The number of rotatable bonds is 5. The van der Waals surface area contributed by atoms with Crippen molar-refractivity contribution in [1.29, 1.82) is 0 Å². The van der Waals surface area contributed by atoms with Gasteiger partial charge >= 0.3 is 5.97 Å². The third-order valence-electron chi connectivity index (χ3n) is 3.66. The molecule has 2 nitrogen and oxygen atoms in total. The Balaban J connectivity index is 1.53. The summed E-state index contributed by atoms with van der Waals surface area (Å²) in [6, 6.07) is 0. The quantitative estimate of drug-likeness (QED) is 0.651. The van der Waals surface area contributed by atoms with E-state index in [1.807, 2.05) is 0 Å². The Morgan fingerprint density at radius 2 is 1.73 bits per heavy atom. The van der Waals surface area contributed by atoms with Crippen LogP contribution in [0.15, 0.2) is 0 Å². The molecule has 2 saturated carbocycles. The first-order chi connectivity index (χ1) is 7.34. The van der Waals surface area contributed by atoms with E-state index in [0.29, 0.717) is 18.9 Å². The lowest BCUT2D eigenvalue weighted by atomic mass is 9.86. The van der Waals surface area contributed by atoms with Crippen molar-refractivity contribution < 1.29 is 9.53 Å². The van der Waals surface area contributed by atoms with Crippen LogP contribution in [0.5, 0.6) is 0 Å². The first-order valence-electron chi connectivity index (χ1n) is 6.50. The molecule has 2 aliphatic carbocycles. The number of carbonyl (C=O) groups excluding carboxylic acids is 1. The molecule has 0 atom stereocenters. The van der Waals surface area contributed by atoms with Gasteiger partial charge in [-0.3, -0.25) is 4.79 Å². The van der Waals surface area contributed by atoms with E-state index in [-0.39, 0.29) is 5.97 Å². The zero-order valence-corrected chi connectivity index (χ0v) is 9.54. The molecule has 0 radical (unpaired) electrons. The molecule has 0 aromatic heterocycles. The normalized spacial score (nSPS) is 22.7. The van der Waals surface area contributed by atoms with Gasteiger partial charge in [0.15, 0.2) is 0 Å². The van der Waals surface area contributed by atoms with Gasteiger partial charge in [0.2, 0.25) is 0 Å². The summed E-state index contributed by atoms with van der Waals surface area (Å²) in [5.41, 5.74) is 0. The zero-order chi connectivity index (χ0) is 10.5. The van der Waals surface area contributed by atoms with Crippen LogP contribution in [-0.2, 0) is 9.53 Å². The van der Waals surface area contributed by atoms with Crippen LogP contribution in [0, 0.1) is 11.8 Å². The molecule has 0 aliphatic heterocycles. The molecule has 2 rings (SSSR count). The largest absolute Gasteiger partial charge is 0.465 e. The molecule has 0 unspecified atom stereocenters. The molecule has 0 N–H and O–H groups in total. The van der Waals surface area contributed by atoms with Gasteiger partial charge in [-0.05, 0) is 31.1 Å². The second-order valence-corrected chi connectivity index (χ2v) is 5.17. The third-order valence-corrected chi connectivity index (χ3v) is 3.66. The fraction of sp³-hybridized carbons (Fsp3) is 0.923. The molecule has 2 heteroatoms. The van der Waals surface area contributed by atoms with Gasteiger partial charge in [-0.2, -0.15) is 0 Å². The molecule has 0 heterocycles. The number of hydrogen-bond donors (Lipinski definition) is 0. The highest BCUT2D eigenvalue weighted by Gasteiger charge is 2.23. The molecular weight excluding hydrogens is 188 g/mol. The maximum absolute atomic E-state index is 11.4. The van der Waals surface area contributed by atoms with E-state index in [1.54, 1.807) is 0 Å². The van der Waals surface area contributed by atoms with Gasteiger partial charge in [-0.15, -0.1) is 0 Å². The minimum atomic E-state index is 0.0347. The molecule has 2 fully saturated rings. The molecule has 0 aromatic rings. The van der Waals surface area contributed by atoms with E-state index in [0.717, 1.165) is 12.3 Å². The molecule has 0 saturated heterocycles. The van der Waals surface area contributed by atoms with Gasteiger partial charge in [-0.25, -0.2) is 0 Å². The predicted molar refractivity (Wildman–Crippen MR) is 59.5 cm³/mol. The molecular formula is C13H22O2. The molecule has 0 bridgehead atoms. The third kappa shape index (κ3) is 4.23. The van der Waals surface area contributed by atoms with Gasteiger partial charge in [-0.1, -0.05) is 32.1 Å². The zero-order valence-electron chi connectivity index (χ0n) is 9.54. The SMILES string of the molecule is O=C(CCC1CCCCC1)OCC1CC1. The summed E-state index contributed by atoms with van der Waals surface area (Å²) < 4.78 is 5.22. The lowest BCUT2D eigenvalue weighted by molar-refractivity contribution is -0.144. The minimum Gasteiger partial charge on any atom is -0.465 e. The Labute approximate surface area is 92.4 Å². The van der Waals surface area contributed by atoms with E-state index >= 15 is 0 Å². The van der Waals surface area contributed by atoms with E-state index < -0.39 is 0 Å². The van der Waals surface area contributed by atoms with Gasteiger partial charge in [0.1, 0.15) is 0 Å². The van der Waals surface area contributed by atoms with Crippen LogP contribution in [0.1, 0.15) is 57.8 Å². The molecule has 2 aliphatic rings. The van der Waals surface area contributed by atoms with Gasteiger partial charge in [0.05, 0.1) is 6.61 Å². The number of ether oxygens (including phenoxy) is 1. The first kappa shape index (κ1) is 11.0. The van der Waals surface area contributed by atoms with E-state index in [2.05, 4.69) is 0 Å². The summed E-state index contributed by atoms with van der Waals surface area (Å²) >= 11 is 0. The van der Waals surface area contributed by atoms with Gasteiger partial charge in [0.25, 0.3) is 0 Å². The van der Waals surface area contributed by atoms with Crippen molar-refractivity contribution in [1.82, 2.24) is 0 Å². The van der Waals surface area contributed by atoms with Crippen LogP contribution in [0.3, 0.4) is 0 Å². The maximum atomic E-state index is 11.4. The highest BCUT2D eigenvalue weighted by atomic mass is 16.5. The van der Waals surface area contributed by atoms with Crippen LogP contribution >= 0.6 is 0 Å². The Bertz CT molecular complexity index is 203. The second-order valence-electron chi connectivity index (χ2n) is 5.17. The smallest absolute Gasteiger partial charge is 0.305 e. The first-order valence-corrected chi connectivity index (χ1v) is 6.50. The minimum absolute atomic E-state index is 0.0347. The summed E-state index contributed by atoms with van der Waals surface area (Å²) in [7, 11) is 0. The Kier molecular flexibility index (Phi) is 4.04. The maximum Gasteiger partial charge on any atom is 0.305 e. The number of esters is 1. The summed E-state index contributed by atoms with van der Waals surface area (Å²) in [5, 5.41) is 0. The van der Waals surface area contributed by atoms with Gasteiger partial charge in [0, 0.05) is 6.42 Å². The molecule has 0 amide bonds. The monoisotopic (exact) mass is 210 g/mol. The molecule has 0 spiro atoms. The molecule has 0 aromatic carbocycles. The highest BCUT2D eigenvalue weighted by Crippen LogP contribution is 2.30. The fourth-order valence-electron chi connectivity index (χ4n) is 2.37. The Morgan fingerprint density at radius 3 is 2.40 bits per heavy atom. The number of hydrogen-bond acceptors (Lipinski definition) is 2. The van der Waals surface area contributed by atoms with Crippen molar-refractivity contribution in [3.05, 3.63) is 0 Å². The van der Waals surface area contributed by atoms with Crippen LogP contribution < -0.4 is 0 Å². The van der Waals surface area contributed by atoms with Crippen molar-refractivity contribution >= 4 is 5.97 Å². The summed E-state index contributed by atoms with van der Waals surface area (Å²) in [6.45, 7) is 0.684.